The fourth-order valence-electron chi connectivity index (χ4n) is 1.59. The van der Waals surface area contributed by atoms with E-state index in [-0.39, 0.29) is 11.7 Å². The van der Waals surface area contributed by atoms with E-state index in [0.717, 1.165) is 11.8 Å². The Hall–Kier alpha value is -2.16. The minimum absolute atomic E-state index is 0.171. The SMILES string of the molecule is CC(C=O)c1cccc(C(=O)c2ccco2)c1. The van der Waals surface area contributed by atoms with Crippen molar-refractivity contribution in [3.63, 3.8) is 0 Å². The summed E-state index contributed by atoms with van der Waals surface area (Å²) in [6.07, 6.45) is 2.32. The van der Waals surface area contributed by atoms with E-state index >= 15 is 0 Å². The molecule has 0 spiro atoms. The lowest BCUT2D eigenvalue weighted by molar-refractivity contribution is -0.108. The van der Waals surface area contributed by atoms with Gasteiger partial charge in [-0.25, -0.2) is 0 Å². The summed E-state index contributed by atoms with van der Waals surface area (Å²) >= 11 is 0. The van der Waals surface area contributed by atoms with Crippen LogP contribution >= 0.6 is 0 Å². The van der Waals surface area contributed by atoms with Crippen LogP contribution in [0.2, 0.25) is 0 Å². The van der Waals surface area contributed by atoms with Crippen LogP contribution in [0.1, 0.15) is 34.5 Å². The number of benzene rings is 1. The molecular formula is C14H12O3. The third-order valence-corrected chi connectivity index (χ3v) is 2.62. The van der Waals surface area contributed by atoms with Gasteiger partial charge < -0.3 is 9.21 Å². The maximum absolute atomic E-state index is 12.0. The highest BCUT2D eigenvalue weighted by molar-refractivity contribution is 6.07. The molecule has 0 amide bonds. The third kappa shape index (κ3) is 2.33. The summed E-state index contributed by atoms with van der Waals surface area (Å²) in [7, 11) is 0. The highest BCUT2D eigenvalue weighted by atomic mass is 16.3. The molecule has 0 saturated heterocycles. The van der Waals surface area contributed by atoms with Gasteiger partial charge in [0.25, 0.3) is 0 Å². The molecule has 0 aliphatic carbocycles. The second-order valence-corrected chi connectivity index (χ2v) is 3.86. The summed E-state index contributed by atoms with van der Waals surface area (Å²) in [4.78, 5) is 22.7. The average molecular weight is 228 g/mol. The molecule has 0 aliphatic heterocycles. The minimum Gasteiger partial charge on any atom is -0.461 e. The van der Waals surface area contributed by atoms with Crippen LogP contribution in [0.15, 0.2) is 47.1 Å². The molecule has 0 bridgehead atoms. The van der Waals surface area contributed by atoms with E-state index in [1.165, 1.54) is 6.26 Å². The van der Waals surface area contributed by atoms with Crippen LogP contribution in [0, 0.1) is 0 Å². The number of hydrogen-bond acceptors (Lipinski definition) is 3. The normalized spacial score (nSPS) is 12.1. The number of aldehydes is 1. The van der Waals surface area contributed by atoms with E-state index in [1.807, 2.05) is 6.07 Å². The topological polar surface area (TPSA) is 47.3 Å². The van der Waals surface area contributed by atoms with Crippen molar-refractivity contribution < 1.29 is 14.0 Å². The lowest BCUT2D eigenvalue weighted by Gasteiger charge is -2.05. The van der Waals surface area contributed by atoms with E-state index in [4.69, 9.17) is 4.42 Å². The Morgan fingerprint density at radius 2 is 2.12 bits per heavy atom. The highest BCUT2D eigenvalue weighted by Gasteiger charge is 2.13. The van der Waals surface area contributed by atoms with Crippen molar-refractivity contribution in [1.82, 2.24) is 0 Å². The second kappa shape index (κ2) is 4.78. The van der Waals surface area contributed by atoms with Gasteiger partial charge in [-0.1, -0.05) is 25.1 Å². The number of carbonyl (C=O) groups excluding carboxylic acids is 2. The van der Waals surface area contributed by atoms with Gasteiger partial charge in [-0.2, -0.15) is 0 Å². The van der Waals surface area contributed by atoms with Crippen molar-refractivity contribution in [2.45, 2.75) is 12.8 Å². The molecule has 2 aromatic rings. The zero-order chi connectivity index (χ0) is 12.3. The molecule has 1 heterocycles. The van der Waals surface area contributed by atoms with Crippen LogP contribution in [0.25, 0.3) is 0 Å². The first-order chi connectivity index (χ1) is 8.22. The van der Waals surface area contributed by atoms with E-state index < -0.39 is 0 Å². The van der Waals surface area contributed by atoms with Crippen molar-refractivity contribution in [2.75, 3.05) is 0 Å². The van der Waals surface area contributed by atoms with Crippen molar-refractivity contribution in [3.05, 3.63) is 59.5 Å². The Morgan fingerprint density at radius 3 is 2.76 bits per heavy atom. The smallest absolute Gasteiger partial charge is 0.228 e. The van der Waals surface area contributed by atoms with Gasteiger partial charge in [-0.3, -0.25) is 4.79 Å². The van der Waals surface area contributed by atoms with Crippen molar-refractivity contribution in [2.24, 2.45) is 0 Å². The highest BCUT2D eigenvalue weighted by Crippen LogP contribution is 2.17. The van der Waals surface area contributed by atoms with Crippen molar-refractivity contribution in [1.29, 1.82) is 0 Å². The summed E-state index contributed by atoms with van der Waals surface area (Å²) < 4.78 is 5.06. The van der Waals surface area contributed by atoms with Crippen LogP contribution in [0.4, 0.5) is 0 Å². The molecule has 1 aromatic carbocycles. The van der Waals surface area contributed by atoms with E-state index in [9.17, 15) is 9.59 Å². The Balaban J connectivity index is 2.34. The predicted molar refractivity (Wildman–Crippen MR) is 63.1 cm³/mol. The Kier molecular flexibility index (Phi) is 3.19. The molecule has 0 fully saturated rings. The molecule has 0 aliphatic rings. The molecule has 0 saturated carbocycles. The maximum Gasteiger partial charge on any atom is 0.228 e. The fourth-order valence-corrected chi connectivity index (χ4v) is 1.59. The van der Waals surface area contributed by atoms with Crippen LogP contribution < -0.4 is 0 Å². The largest absolute Gasteiger partial charge is 0.461 e. The van der Waals surface area contributed by atoms with Gasteiger partial charge in [0.1, 0.15) is 6.29 Å². The first kappa shape index (κ1) is 11.3. The van der Waals surface area contributed by atoms with Gasteiger partial charge >= 0.3 is 0 Å². The number of rotatable bonds is 4. The van der Waals surface area contributed by atoms with Crippen molar-refractivity contribution in [3.8, 4) is 0 Å². The van der Waals surface area contributed by atoms with Crippen molar-refractivity contribution >= 4 is 12.1 Å². The summed E-state index contributed by atoms with van der Waals surface area (Å²) in [5.41, 5.74) is 1.36. The zero-order valence-electron chi connectivity index (χ0n) is 9.42. The van der Waals surface area contributed by atoms with Gasteiger partial charge in [0.15, 0.2) is 5.76 Å². The maximum atomic E-state index is 12.0. The molecule has 86 valence electrons. The molecule has 3 heteroatoms. The molecule has 1 unspecified atom stereocenters. The number of hydrogen-bond donors (Lipinski definition) is 0. The van der Waals surface area contributed by atoms with Gasteiger partial charge in [-0.15, -0.1) is 0 Å². The van der Waals surface area contributed by atoms with E-state index in [2.05, 4.69) is 0 Å². The van der Waals surface area contributed by atoms with Gasteiger partial charge in [-0.05, 0) is 23.8 Å². The third-order valence-electron chi connectivity index (χ3n) is 2.62. The molecule has 0 radical (unpaired) electrons. The predicted octanol–water partition coefficient (Wildman–Crippen LogP) is 2.81. The number of furan rings is 1. The van der Waals surface area contributed by atoms with Gasteiger partial charge in [0, 0.05) is 11.5 Å². The monoisotopic (exact) mass is 228 g/mol. The molecule has 0 N–H and O–H groups in total. The Morgan fingerprint density at radius 1 is 1.29 bits per heavy atom. The molecular weight excluding hydrogens is 216 g/mol. The summed E-state index contributed by atoms with van der Waals surface area (Å²) in [6.45, 7) is 1.80. The molecule has 2 rings (SSSR count). The molecule has 1 aromatic heterocycles. The standard InChI is InChI=1S/C14H12O3/c1-10(9-15)11-4-2-5-12(8-11)14(16)13-6-3-7-17-13/h2-10H,1H3. The summed E-state index contributed by atoms with van der Waals surface area (Å²) in [5.74, 6) is -0.0739. The van der Waals surface area contributed by atoms with E-state index in [0.29, 0.717) is 11.3 Å². The molecule has 17 heavy (non-hydrogen) atoms. The van der Waals surface area contributed by atoms with E-state index in [1.54, 1.807) is 37.3 Å². The average Bonchev–Trinajstić information content (AvgIpc) is 2.91. The quantitative estimate of drug-likeness (QED) is 0.597. The zero-order valence-corrected chi connectivity index (χ0v) is 9.42. The molecule has 1 atom stereocenters. The van der Waals surface area contributed by atoms with Crippen LogP contribution in [-0.4, -0.2) is 12.1 Å². The van der Waals surface area contributed by atoms with Crippen LogP contribution in [0.3, 0.4) is 0 Å². The second-order valence-electron chi connectivity index (χ2n) is 3.86. The first-order valence-corrected chi connectivity index (χ1v) is 5.36. The van der Waals surface area contributed by atoms with Crippen LogP contribution in [-0.2, 0) is 4.79 Å². The lowest BCUT2D eigenvalue weighted by atomic mass is 9.98. The molecule has 3 nitrogen and oxygen atoms in total. The Bertz CT molecular complexity index is 526. The lowest BCUT2D eigenvalue weighted by Crippen LogP contribution is -2.02. The summed E-state index contributed by atoms with van der Waals surface area (Å²) in [5, 5.41) is 0. The first-order valence-electron chi connectivity index (χ1n) is 5.36. The fraction of sp³-hybridized carbons (Fsp3) is 0.143. The summed E-state index contributed by atoms with van der Waals surface area (Å²) in [6, 6.07) is 10.3. The number of carbonyl (C=O) groups is 2. The minimum atomic E-state index is -0.209. The Labute approximate surface area is 99.1 Å². The number of ketones is 1. The van der Waals surface area contributed by atoms with Gasteiger partial charge in [0.2, 0.25) is 5.78 Å². The van der Waals surface area contributed by atoms with Crippen LogP contribution in [0.5, 0.6) is 0 Å². The van der Waals surface area contributed by atoms with Gasteiger partial charge in [0.05, 0.1) is 6.26 Å².